The Balaban J connectivity index is 2.08. The second kappa shape index (κ2) is 8.42. The maximum atomic E-state index is 12.7. The van der Waals surface area contributed by atoms with E-state index in [1.165, 1.54) is 31.4 Å². The lowest BCUT2D eigenvalue weighted by molar-refractivity contribution is -0.137. The van der Waals surface area contributed by atoms with E-state index in [2.05, 4.69) is 5.32 Å². The summed E-state index contributed by atoms with van der Waals surface area (Å²) in [6.45, 7) is 2.31. The quantitative estimate of drug-likeness (QED) is 0.751. The Morgan fingerprint density at radius 2 is 1.92 bits per heavy atom. The molecule has 0 fully saturated rings. The van der Waals surface area contributed by atoms with Crippen molar-refractivity contribution >= 4 is 17.7 Å². The molecule has 0 atom stereocenters. The molecule has 0 bridgehead atoms. The van der Waals surface area contributed by atoms with Gasteiger partial charge in [-0.25, -0.2) is 0 Å². The number of ether oxygens (including phenoxy) is 2. The molecule has 0 aromatic heterocycles. The number of halogens is 3. The summed E-state index contributed by atoms with van der Waals surface area (Å²) in [5.74, 6) is 0.535. The predicted molar refractivity (Wildman–Crippen MR) is 93.3 cm³/mol. The Kier molecular flexibility index (Phi) is 6.27. The fraction of sp³-hybridized carbons (Fsp3) is 0.211. The van der Waals surface area contributed by atoms with Crippen LogP contribution in [0.25, 0.3) is 6.08 Å². The van der Waals surface area contributed by atoms with Crippen LogP contribution in [0.2, 0.25) is 0 Å². The molecule has 0 aliphatic carbocycles. The highest BCUT2D eigenvalue weighted by atomic mass is 19.4. The Labute approximate surface area is 149 Å². The summed E-state index contributed by atoms with van der Waals surface area (Å²) < 4.78 is 48.6. The third kappa shape index (κ3) is 5.27. The van der Waals surface area contributed by atoms with Crippen LogP contribution < -0.4 is 14.8 Å². The van der Waals surface area contributed by atoms with Crippen molar-refractivity contribution in [1.29, 1.82) is 0 Å². The number of methoxy groups -OCH3 is 1. The van der Waals surface area contributed by atoms with Crippen molar-refractivity contribution < 1.29 is 27.4 Å². The Hall–Kier alpha value is -2.96. The highest BCUT2D eigenvalue weighted by Gasteiger charge is 2.30. The Morgan fingerprint density at radius 3 is 2.58 bits per heavy atom. The molecule has 7 heteroatoms. The summed E-state index contributed by atoms with van der Waals surface area (Å²) in [6, 6.07) is 9.63. The second-order valence-corrected chi connectivity index (χ2v) is 5.24. The van der Waals surface area contributed by atoms with Gasteiger partial charge >= 0.3 is 6.18 Å². The second-order valence-electron chi connectivity index (χ2n) is 5.24. The monoisotopic (exact) mass is 365 g/mol. The first-order valence-electron chi connectivity index (χ1n) is 7.80. The molecule has 2 aromatic rings. The number of alkyl halides is 3. The molecule has 4 nitrogen and oxygen atoms in total. The first-order valence-corrected chi connectivity index (χ1v) is 7.80. The third-order valence-electron chi connectivity index (χ3n) is 3.37. The summed E-state index contributed by atoms with van der Waals surface area (Å²) >= 11 is 0. The van der Waals surface area contributed by atoms with Gasteiger partial charge in [-0.1, -0.05) is 12.1 Å². The molecule has 2 rings (SSSR count). The zero-order chi connectivity index (χ0) is 19.2. The summed E-state index contributed by atoms with van der Waals surface area (Å²) in [5.41, 5.74) is -0.0143. The van der Waals surface area contributed by atoms with Crippen LogP contribution >= 0.6 is 0 Å². The number of amides is 1. The minimum atomic E-state index is -4.43. The zero-order valence-electron chi connectivity index (χ0n) is 14.3. The molecular formula is C19H18F3NO3. The van der Waals surface area contributed by atoms with Gasteiger partial charge in [0.25, 0.3) is 0 Å². The van der Waals surface area contributed by atoms with Gasteiger partial charge in [0.05, 0.1) is 19.3 Å². The average molecular weight is 365 g/mol. The normalized spacial score (nSPS) is 11.4. The van der Waals surface area contributed by atoms with Crippen molar-refractivity contribution in [3.8, 4) is 11.5 Å². The summed E-state index contributed by atoms with van der Waals surface area (Å²) in [7, 11) is 1.48. The standard InChI is InChI=1S/C19H18F3NO3/c1-3-26-16-9-8-15(12-17(16)25-2)23-18(24)10-7-13-5-4-6-14(11-13)19(20,21)22/h4-12H,3H2,1-2H3,(H,23,24)/b10-7+. The van der Waals surface area contributed by atoms with Crippen LogP contribution in [0.3, 0.4) is 0 Å². The van der Waals surface area contributed by atoms with Crippen molar-refractivity contribution in [2.75, 3.05) is 19.0 Å². The molecule has 0 heterocycles. The molecule has 2 aromatic carbocycles. The van der Waals surface area contributed by atoms with E-state index in [0.29, 0.717) is 23.8 Å². The molecule has 0 unspecified atom stereocenters. The number of hydrogen-bond acceptors (Lipinski definition) is 3. The number of hydrogen-bond donors (Lipinski definition) is 1. The van der Waals surface area contributed by atoms with Crippen LogP contribution in [0.4, 0.5) is 18.9 Å². The van der Waals surface area contributed by atoms with E-state index in [0.717, 1.165) is 12.1 Å². The third-order valence-corrected chi connectivity index (χ3v) is 3.37. The van der Waals surface area contributed by atoms with Gasteiger partial charge in [0.15, 0.2) is 11.5 Å². The highest BCUT2D eigenvalue weighted by Crippen LogP contribution is 2.31. The van der Waals surface area contributed by atoms with Crippen LogP contribution in [0.15, 0.2) is 48.5 Å². The van der Waals surface area contributed by atoms with E-state index in [-0.39, 0.29) is 5.56 Å². The van der Waals surface area contributed by atoms with Crippen molar-refractivity contribution in [2.24, 2.45) is 0 Å². The summed E-state index contributed by atoms with van der Waals surface area (Å²) in [6.07, 6.45) is -1.94. The SMILES string of the molecule is CCOc1ccc(NC(=O)/C=C/c2cccc(C(F)(F)F)c2)cc1OC. The fourth-order valence-corrected chi connectivity index (χ4v) is 2.19. The van der Waals surface area contributed by atoms with Gasteiger partial charge in [0.2, 0.25) is 5.91 Å². The first-order chi connectivity index (χ1) is 12.3. The molecule has 1 N–H and O–H groups in total. The van der Waals surface area contributed by atoms with Gasteiger partial charge in [0, 0.05) is 17.8 Å². The van der Waals surface area contributed by atoms with Crippen LogP contribution in [0.5, 0.6) is 11.5 Å². The lowest BCUT2D eigenvalue weighted by Gasteiger charge is -2.11. The van der Waals surface area contributed by atoms with Crippen molar-refractivity contribution in [2.45, 2.75) is 13.1 Å². The molecule has 0 spiro atoms. The van der Waals surface area contributed by atoms with E-state index in [4.69, 9.17) is 9.47 Å². The minimum absolute atomic E-state index is 0.277. The summed E-state index contributed by atoms with van der Waals surface area (Å²) in [4.78, 5) is 12.0. The van der Waals surface area contributed by atoms with Crippen molar-refractivity contribution in [3.05, 3.63) is 59.7 Å². The number of carbonyl (C=O) groups excluding carboxylic acids is 1. The lowest BCUT2D eigenvalue weighted by Crippen LogP contribution is -2.08. The predicted octanol–water partition coefficient (Wildman–Crippen LogP) is 4.76. The number of nitrogens with one attached hydrogen (secondary N) is 1. The fourth-order valence-electron chi connectivity index (χ4n) is 2.19. The number of rotatable bonds is 6. The maximum absolute atomic E-state index is 12.7. The molecule has 0 aliphatic rings. The molecule has 1 amide bonds. The van der Waals surface area contributed by atoms with Crippen LogP contribution in [-0.4, -0.2) is 19.6 Å². The van der Waals surface area contributed by atoms with Crippen LogP contribution in [0.1, 0.15) is 18.1 Å². The van der Waals surface area contributed by atoms with Crippen LogP contribution in [-0.2, 0) is 11.0 Å². The van der Waals surface area contributed by atoms with Crippen LogP contribution in [0, 0.1) is 0 Å². The van der Waals surface area contributed by atoms with E-state index < -0.39 is 17.6 Å². The molecule has 0 saturated heterocycles. The number of benzene rings is 2. The highest BCUT2D eigenvalue weighted by molar-refractivity contribution is 6.02. The van der Waals surface area contributed by atoms with E-state index in [1.807, 2.05) is 6.92 Å². The molecule has 0 radical (unpaired) electrons. The van der Waals surface area contributed by atoms with Crippen molar-refractivity contribution in [1.82, 2.24) is 0 Å². The Morgan fingerprint density at radius 1 is 1.15 bits per heavy atom. The smallest absolute Gasteiger partial charge is 0.416 e. The average Bonchev–Trinajstić information content (AvgIpc) is 2.61. The zero-order valence-corrected chi connectivity index (χ0v) is 14.3. The van der Waals surface area contributed by atoms with Gasteiger partial charge < -0.3 is 14.8 Å². The molecule has 0 saturated carbocycles. The van der Waals surface area contributed by atoms with E-state index in [1.54, 1.807) is 18.2 Å². The maximum Gasteiger partial charge on any atom is 0.416 e. The van der Waals surface area contributed by atoms with Gasteiger partial charge in [-0.2, -0.15) is 13.2 Å². The molecular weight excluding hydrogens is 347 g/mol. The van der Waals surface area contributed by atoms with Gasteiger partial charge in [-0.15, -0.1) is 0 Å². The minimum Gasteiger partial charge on any atom is -0.493 e. The van der Waals surface area contributed by atoms with Gasteiger partial charge in [0.1, 0.15) is 0 Å². The summed E-state index contributed by atoms with van der Waals surface area (Å²) in [5, 5.41) is 2.62. The van der Waals surface area contributed by atoms with E-state index >= 15 is 0 Å². The molecule has 0 aliphatic heterocycles. The molecule has 26 heavy (non-hydrogen) atoms. The number of carbonyl (C=O) groups is 1. The lowest BCUT2D eigenvalue weighted by atomic mass is 10.1. The Bertz CT molecular complexity index is 801. The topological polar surface area (TPSA) is 47.6 Å². The van der Waals surface area contributed by atoms with Crippen molar-refractivity contribution in [3.63, 3.8) is 0 Å². The van der Waals surface area contributed by atoms with Gasteiger partial charge in [-0.3, -0.25) is 4.79 Å². The van der Waals surface area contributed by atoms with E-state index in [9.17, 15) is 18.0 Å². The molecule has 138 valence electrons. The number of anilines is 1. The first kappa shape index (κ1) is 19.4. The van der Waals surface area contributed by atoms with Gasteiger partial charge in [-0.05, 0) is 42.8 Å². The largest absolute Gasteiger partial charge is 0.493 e.